The van der Waals surface area contributed by atoms with Crippen LogP contribution in [0.25, 0.3) is 0 Å². The van der Waals surface area contributed by atoms with E-state index in [4.69, 9.17) is 31.5 Å². The first-order valence-corrected chi connectivity index (χ1v) is 7.35. The number of halogens is 1. The Morgan fingerprint density at radius 2 is 2.14 bits per heavy atom. The van der Waals surface area contributed by atoms with Crippen molar-refractivity contribution in [2.45, 2.75) is 26.2 Å². The van der Waals surface area contributed by atoms with Gasteiger partial charge in [0.2, 0.25) is 0 Å². The highest BCUT2D eigenvalue weighted by Gasteiger charge is 2.14. The molecule has 2 N–H and O–H groups in total. The zero-order valence-electron chi connectivity index (χ0n) is 12.5. The molecule has 0 heterocycles. The number of methoxy groups -OCH3 is 1. The van der Waals surface area contributed by atoms with Crippen LogP contribution in [-0.4, -0.2) is 32.8 Å². The minimum absolute atomic E-state index is 0.198. The topological polar surface area (TPSA) is 70.8 Å². The van der Waals surface area contributed by atoms with Gasteiger partial charge in [-0.05, 0) is 37.1 Å². The molecule has 6 heteroatoms. The average Bonchev–Trinajstić information content (AvgIpc) is 2.46. The zero-order chi connectivity index (χ0) is 15.7. The number of unbranched alkanes of at least 4 members (excludes halogenated alkanes) is 1. The molecule has 0 spiro atoms. The predicted molar refractivity (Wildman–Crippen MR) is 82.1 cm³/mol. The van der Waals surface area contributed by atoms with Gasteiger partial charge in [0.15, 0.2) is 18.1 Å². The van der Waals surface area contributed by atoms with Crippen molar-refractivity contribution in [2.75, 3.05) is 26.9 Å². The van der Waals surface area contributed by atoms with Crippen LogP contribution in [0.2, 0.25) is 5.02 Å². The van der Waals surface area contributed by atoms with Crippen LogP contribution >= 0.6 is 11.6 Å². The molecule has 0 aliphatic carbocycles. The molecular formula is C15H22ClNO4. The summed E-state index contributed by atoms with van der Waals surface area (Å²) in [5.74, 6) is 0.396. The highest BCUT2D eigenvalue weighted by molar-refractivity contribution is 6.32. The third-order valence-corrected chi connectivity index (χ3v) is 3.10. The fourth-order valence-corrected chi connectivity index (χ4v) is 2.02. The molecule has 1 rings (SSSR count). The lowest BCUT2D eigenvalue weighted by Gasteiger charge is -2.13. The van der Waals surface area contributed by atoms with E-state index < -0.39 is 5.97 Å². The predicted octanol–water partition coefficient (Wildman–Crippen LogP) is 2.57. The lowest BCUT2D eigenvalue weighted by Crippen LogP contribution is -2.16. The zero-order valence-corrected chi connectivity index (χ0v) is 13.2. The third kappa shape index (κ3) is 5.81. The molecule has 0 atom stereocenters. The van der Waals surface area contributed by atoms with Crippen LogP contribution in [0, 0.1) is 0 Å². The van der Waals surface area contributed by atoms with E-state index in [0.717, 1.165) is 18.4 Å². The van der Waals surface area contributed by atoms with Crippen molar-refractivity contribution in [2.24, 2.45) is 5.73 Å². The number of carbonyl (C=O) groups is 1. The lowest BCUT2D eigenvalue weighted by atomic mass is 10.1. The van der Waals surface area contributed by atoms with Crippen LogP contribution in [0.15, 0.2) is 12.1 Å². The van der Waals surface area contributed by atoms with Crippen molar-refractivity contribution in [3.63, 3.8) is 0 Å². The van der Waals surface area contributed by atoms with E-state index in [1.165, 1.54) is 7.11 Å². The van der Waals surface area contributed by atoms with Crippen LogP contribution in [-0.2, 0) is 16.0 Å². The normalized spacial score (nSPS) is 10.3. The van der Waals surface area contributed by atoms with Crippen molar-refractivity contribution < 1.29 is 19.0 Å². The quantitative estimate of drug-likeness (QED) is 0.560. The van der Waals surface area contributed by atoms with Gasteiger partial charge in [0.1, 0.15) is 0 Å². The van der Waals surface area contributed by atoms with Gasteiger partial charge in [-0.2, -0.15) is 0 Å². The molecule has 0 aromatic heterocycles. The number of hydrogen-bond acceptors (Lipinski definition) is 5. The maximum Gasteiger partial charge on any atom is 0.344 e. The summed E-state index contributed by atoms with van der Waals surface area (Å²) >= 11 is 6.16. The van der Waals surface area contributed by atoms with Gasteiger partial charge in [-0.3, -0.25) is 0 Å². The number of nitrogens with two attached hydrogens (primary N) is 1. The molecule has 0 fully saturated rings. The number of rotatable bonds is 9. The Morgan fingerprint density at radius 1 is 1.38 bits per heavy atom. The van der Waals surface area contributed by atoms with Crippen molar-refractivity contribution in [3.8, 4) is 11.5 Å². The van der Waals surface area contributed by atoms with Crippen molar-refractivity contribution in [1.82, 2.24) is 0 Å². The summed E-state index contributed by atoms with van der Waals surface area (Å²) in [5.41, 5.74) is 6.48. The molecule has 5 nitrogen and oxygen atoms in total. The van der Waals surface area contributed by atoms with Gasteiger partial charge in [0.25, 0.3) is 0 Å². The summed E-state index contributed by atoms with van der Waals surface area (Å²) in [7, 11) is 1.52. The van der Waals surface area contributed by atoms with Crippen molar-refractivity contribution in [3.05, 3.63) is 22.7 Å². The van der Waals surface area contributed by atoms with E-state index >= 15 is 0 Å². The fourth-order valence-electron chi connectivity index (χ4n) is 1.73. The second-order valence-corrected chi connectivity index (χ2v) is 4.92. The summed E-state index contributed by atoms with van der Waals surface area (Å²) in [4.78, 5) is 11.5. The SMILES string of the molecule is CCCCOC(=O)COc1c(Cl)cc(CCN)cc1OC. The molecular weight excluding hydrogens is 294 g/mol. The monoisotopic (exact) mass is 315 g/mol. The first kappa shape index (κ1) is 17.6. The van der Waals surface area contributed by atoms with E-state index in [1.807, 2.05) is 6.92 Å². The van der Waals surface area contributed by atoms with E-state index in [2.05, 4.69) is 0 Å². The molecule has 0 saturated carbocycles. The first-order chi connectivity index (χ1) is 10.1. The molecule has 0 aliphatic heterocycles. The highest BCUT2D eigenvalue weighted by atomic mass is 35.5. The van der Waals surface area contributed by atoms with Gasteiger partial charge >= 0.3 is 5.97 Å². The van der Waals surface area contributed by atoms with Crippen LogP contribution < -0.4 is 15.2 Å². The summed E-state index contributed by atoms with van der Waals surface area (Å²) in [6, 6.07) is 3.56. The first-order valence-electron chi connectivity index (χ1n) is 6.97. The van der Waals surface area contributed by atoms with Gasteiger partial charge in [0, 0.05) is 0 Å². The smallest absolute Gasteiger partial charge is 0.344 e. The molecule has 0 saturated heterocycles. The van der Waals surface area contributed by atoms with E-state index in [1.54, 1.807) is 12.1 Å². The molecule has 0 bridgehead atoms. The van der Waals surface area contributed by atoms with E-state index in [0.29, 0.717) is 36.1 Å². The standard InChI is InChI=1S/C15H22ClNO4/c1-3-4-7-20-14(18)10-21-15-12(16)8-11(5-6-17)9-13(15)19-2/h8-9H,3-7,10,17H2,1-2H3. The third-order valence-electron chi connectivity index (χ3n) is 2.82. The molecule has 0 amide bonds. The summed E-state index contributed by atoms with van der Waals surface area (Å²) < 4.78 is 15.7. The Hall–Kier alpha value is -1.46. The summed E-state index contributed by atoms with van der Waals surface area (Å²) in [5, 5.41) is 0.388. The molecule has 21 heavy (non-hydrogen) atoms. The Balaban J connectivity index is 2.67. The Morgan fingerprint density at radius 3 is 2.76 bits per heavy atom. The van der Waals surface area contributed by atoms with Crippen LogP contribution in [0.1, 0.15) is 25.3 Å². The van der Waals surface area contributed by atoms with Gasteiger partial charge in [0.05, 0.1) is 18.7 Å². The maximum atomic E-state index is 11.5. The Labute approximate surface area is 130 Å². The van der Waals surface area contributed by atoms with Gasteiger partial charge in [-0.15, -0.1) is 0 Å². The maximum absolute atomic E-state index is 11.5. The molecule has 0 aliphatic rings. The minimum Gasteiger partial charge on any atom is -0.493 e. The summed E-state index contributed by atoms with van der Waals surface area (Å²) in [6.07, 6.45) is 2.50. The summed E-state index contributed by atoms with van der Waals surface area (Å²) in [6.45, 7) is 2.75. The molecule has 118 valence electrons. The number of ether oxygens (including phenoxy) is 3. The number of hydrogen-bond donors (Lipinski definition) is 1. The van der Waals surface area contributed by atoms with Crippen LogP contribution in [0.5, 0.6) is 11.5 Å². The fraction of sp³-hybridized carbons (Fsp3) is 0.533. The highest BCUT2D eigenvalue weighted by Crippen LogP contribution is 2.36. The molecule has 1 aromatic rings. The average molecular weight is 316 g/mol. The Bertz CT molecular complexity index is 465. The number of carbonyl (C=O) groups excluding carboxylic acids is 1. The van der Waals surface area contributed by atoms with Crippen LogP contribution in [0.4, 0.5) is 0 Å². The van der Waals surface area contributed by atoms with E-state index in [-0.39, 0.29) is 6.61 Å². The molecule has 0 radical (unpaired) electrons. The minimum atomic E-state index is -0.424. The van der Waals surface area contributed by atoms with Gasteiger partial charge in [-0.25, -0.2) is 4.79 Å². The molecule has 0 unspecified atom stereocenters. The Kier molecular flexibility index (Phi) is 7.93. The van der Waals surface area contributed by atoms with Crippen molar-refractivity contribution in [1.29, 1.82) is 0 Å². The van der Waals surface area contributed by atoms with Gasteiger partial charge in [-0.1, -0.05) is 24.9 Å². The van der Waals surface area contributed by atoms with E-state index in [9.17, 15) is 4.79 Å². The number of benzene rings is 1. The van der Waals surface area contributed by atoms with Crippen molar-refractivity contribution >= 4 is 17.6 Å². The largest absolute Gasteiger partial charge is 0.493 e. The van der Waals surface area contributed by atoms with Crippen LogP contribution in [0.3, 0.4) is 0 Å². The lowest BCUT2D eigenvalue weighted by molar-refractivity contribution is -0.146. The number of esters is 1. The molecule has 1 aromatic carbocycles. The van der Waals surface area contributed by atoms with Gasteiger partial charge < -0.3 is 19.9 Å². The second-order valence-electron chi connectivity index (χ2n) is 4.51. The second kappa shape index (κ2) is 9.47.